The van der Waals surface area contributed by atoms with Gasteiger partial charge in [-0.2, -0.15) is 13.2 Å². The Morgan fingerprint density at radius 2 is 1.74 bits per heavy atom. The van der Waals surface area contributed by atoms with E-state index in [1.54, 1.807) is 49.4 Å². The maximum Gasteiger partial charge on any atom is 0.427 e. The van der Waals surface area contributed by atoms with Crippen molar-refractivity contribution < 1.29 is 59.7 Å². The van der Waals surface area contributed by atoms with Gasteiger partial charge in [0.15, 0.2) is 0 Å². The third-order valence-electron chi connectivity index (χ3n) is 12.6. The van der Waals surface area contributed by atoms with Crippen molar-refractivity contribution in [2.75, 3.05) is 20.8 Å². The molecule has 2 saturated carbocycles. The first-order valence-corrected chi connectivity index (χ1v) is 23.4. The Morgan fingerprint density at radius 1 is 1.00 bits per heavy atom. The average molecular weight is 948 g/mol. The number of nitrogens with one attached hydrogen (secondary N) is 3. The Balaban J connectivity index is 1.27. The molecule has 7 rings (SSSR count). The zero-order chi connectivity index (χ0) is 47.2. The van der Waals surface area contributed by atoms with Crippen molar-refractivity contribution in [3.8, 4) is 28.6 Å². The van der Waals surface area contributed by atoms with Crippen molar-refractivity contribution in [1.29, 1.82) is 0 Å². The van der Waals surface area contributed by atoms with Crippen LogP contribution < -0.4 is 29.6 Å². The van der Waals surface area contributed by atoms with Crippen LogP contribution in [0.1, 0.15) is 72.6 Å². The first kappa shape index (κ1) is 47.7. The molecule has 15 nitrogen and oxygen atoms in total. The second-order valence-electron chi connectivity index (χ2n) is 18.0. The molecule has 2 aromatic carbocycles. The molecule has 0 radical (unpaired) electrons. The Hall–Kier alpha value is -5.30. The maximum absolute atomic E-state index is 15.0. The Morgan fingerprint density at radius 3 is 2.40 bits per heavy atom. The number of fused-ring (bicyclic) bond motifs is 3. The summed E-state index contributed by atoms with van der Waals surface area (Å²) in [4.78, 5) is 62.9. The standard InChI is InChI=1S/C45H53ClF3N5O10S/c1-24-9-7-8-10-28-22-44(28,41(57)53-65(59,60)31-13-14-31)52-38(55)35-21-30(23-54(35)40(56)37(25(2)17-24)51-42(58)64-43(3,4)45(47,48)49)63-39-32-15-12-29(61-5)18-27(32)20-34(50-39)26-11-16-36(62-6)33(46)19-26/h8,10-12,15-16,18-20,24-25,28,30-31,35,37H,7,9,13-14,17,21-23H2,1-6H3,(H,51,58)(H,52,55)(H,53,57)/b10-8-/t24-,25+,28+,30+,35-,37-,44+/m0/s1. The number of rotatable bonds is 10. The molecule has 3 aromatic rings. The number of pyridine rings is 1. The van der Waals surface area contributed by atoms with Crippen LogP contribution in [-0.2, 0) is 29.1 Å². The van der Waals surface area contributed by atoms with Gasteiger partial charge in [0.05, 0.1) is 36.7 Å². The number of methoxy groups -OCH3 is 2. The van der Waals surface area contributed by atoms with E-state index in [9.17, 15) is 40.8 Å². The number of sulfonamides is 1. The summed E-state index contributed by atoms with van der Waals surface area (Å²) in [5.74, 6) is -2.73. The smallest absolute Gasteiger partial charge is 0.427 e. The van der Waals surface area contributed by atoms with Crippen LogP contribution in [-0.4, -0.2) is 104 Å². The van der Waals surface area contributed by atoms with Gasteiger partial charge in [0.25, 0.3) is 5.91 Å². The van der Waals surface area contributed by atoms with Crippen LogP contribution in [0.15, 0.2) is 54.6 Å². The Bertz CT molecular complexity index is 2500. The number of allylic oxidation sites excluding steroid dienone is 1. The lowest BCUT2D eigenvalue weighted by Gasteiger charge is -2.34. The highest BCUT2D eigenvalue weighted by atomic mass is 35.5. The fraction of sp³-hybridized carbons (Fsp3) is 0.533. The van der Waals surface area contributed by atoms with Crippen LogP contribution in [0.25, 0.3) is 22.0 Å². The Kier molecular flexibility index (Phi) is 13.3. The number of hydrogen-bond acceptors (Lipinski definition) is 11. The number of carbonyl (C=O) groups is 4. The van der Waals surface area contributed by atoms with Gasteiger partial charge in [-0.3, -0.25) is 19.1 Å². The molecular weight excluding hydrogens is 895 g/mol. The normalized spacial score (nSPS) is 27.0. The molecule has 65 heavy (non-hydrogen) atoms. The Labute approximate surface area is 380 Å². The van der Waals surface area contributed by atoms with E-state index in [1.807, 2.05) is 19.1 Å². The van der Waals surface area contributed by atoms with Crippen molar-refractivity contribution >= 4 is 56.2 Å². The van der Waals surface area contributed by atoms with Gasteiger partial charge in [-0.25, -0.2) is 18.2 Å². The van der Waals surface area contributed by atoms with Gasteiger partial charge in [0, 0.05) is 23.3 Å². The molecule has 4 amide bonds. The highest BCUT2D eigenvalue weighted by Gasteiger charge is 2.62. The molecular formula is C45H53ClF3N5O10S. The van der Waals surface area contributed by atoms with Crippen molar-refractivity contribution in [3.63, 3.8) is 0 Å². The van der Waals surface area contributed by atoms with E-state index in [2.05, 4.69) is 15.4 Å². The molecule has 0 spiro atoms. The number of ether oxygens (including phenoxy) is 4. The first-order valence-electron chi connectivity index (χ1n) is 21.5. The highest BCUT2D eigenvalue weighted by molar-refractivity contribution is 7.91. The summed E-state index contributed by atoms with van der Waals surface area (Å²) in [6.45, 7) is 4.72. The summed E-state index contributed by atoms with van der Waals surface area (Å²) in [5, 5.41) is 6.01. The van der Waals surface area contributed by atoms with Crippen molar-refractivity contribution in [1.82, 2.24) is 25.2 Å². The topological polar surface area (TPSA) is 192 Å². The molecule has 20 heteroatoms. The van der Waals surface area contributed by atoms with Gasteiger partial charge >= 0.3 is 12.3 Å². The fourth-order valence-corrected chi connectivity index (χ4v) is 10.1. The van der Waals surface area contributed by atoms with Gasteiger partial charge in [-0.15, -0.1) is 0 Å². The van der Waals surface area contributed by atoms with E-state index < -0.39 is 86.4 Å². The number of nitrogens with zero attached hydrogens (tertiary/aromatic N) is 2. The van der Waals surface area contributed by atoms with Crippen molar-refractivity contribution in [2.45, 2.75) is 113 Å². The van der Waals surface area contributed by atoms with Crippen LogP contribution >= 0.6 is 11.6 Å². The predicted octanol–water partition coefficient (Wildman–Crippen LogP) is 6.85. The number of hydrogen-bond donors (Lipinski definition) is 3. The second kappa shape index (κ2) is 18.2. The summed E-state index contributed by atoms with van der Waals surface area (Å²) in [7, 11) is -1.01. The summed E-state index contributed by atoms with van der Waals surface area (Å²) < 4.78 is 92.0. The monoisotopic (exact) mass is 947 g/mol. The summed E-state index contributed by atoms with van der Waals surface area (Å²) in [5.41, 5.74) is -3.53. The van der Waals surface area contributed by atoms with E-state index in [0.29, 0.717) is 84.5 Å². The predicted molar refractivity (Wildman–Crippen MR) is 234 cm³/mol. The summed E-state index contributed by atoms with van der Waals surface area (Å²) >= 11 is 6.50. The third-order valence-corrected chi connectivity index (χ3v) is 14.8. The highest BCUT2D eigenvalue weighted by Crippen LogP contribution is 2.46. The average Bonchev–Trinajstić information content (AvgIpc) is 4.17. The SMILES string of the molecule is COc1ccc2c(O[C@@H]3C[C@H]4C(=O)N[C@]5(C(=O)NS(=O)(=O)C6CC6)C[C@H]5/C=C\CC[C@H](C)C[C@@H](C)[C@H](NC(=O)OC(C)(C)C(F)(F)F)C(=O)N4C3)nc(-c3ccc(OC)c(Cl)c3)cc2c1. The van der Waals surface area contributed by atoms with Gasteiger partial charge < -0.3 is 34.5 Å². The number of halogens is 4. The van der Waals surface area contributed by atoms with Gasteiger partial charge in [-0.1, -0.05) is 37.6 Å². The van der Waals surface area contributed by atoms with Gasteiger partial charge in [0.2, 0.25) is 33.3 Å². The lowest BCUT2D eigenvalue weighted by Crippen LogP contribution is -2.59. The number of aromatic nitrogens is 1. The minimum Gasteiger partial charge on any atom is -0.497 e. The summed E-state index contributed by atoms with van der Waals surface area (Å²) in [6, 6.07) is 9.30. The number of amides is 4. The van der Waals surface area contributed by atoms with Crippen molar-refractivity contribution in [3.05, 3.63) is 59.6 Å². The molecule has 7 atom stereocenters. The molecule has 352 valence electrons. The van der Waals surface area contributed by atoms with E-state index in [4.69, 9.17) is 35.5 Å². The zero-order valence-corrected chi connectivity index (χ0v) is 38.4. The minimum absolute atomic E-state index is 0.0634. The molecule has 0 unspecified atom stereocenters. The fourth-order valence-electron chi connectivity index (χ4n) is 8.50. The number of carbonyl (C=O) groups excluding carboxylic acids is 4. The van der Waals surface area contributed by atoms with Crippen LogP contribution in [0.5, 0.6) is 17.4 Å². The molecule has 3 fully saturated rings. The van der Waals surface area contributed by atoms with Crippen LogP contribution in [0.2, 0.25) is 5.02 Å². The van der Waals surface area contributed by atoms with E-state index in [0.717, 1.165) is 0 Å². The number of benzene rings is 2. The van der Waals surface area contributed by atoms with E-state index >= 15 is 0 Å². The molecule has 3 N–H and O–H groups in total. The quantitative estimate of drug-likeness (QED) is 0.180. The second-order valence-corrected chi connectivity index (χ2v) is 20.4. The lowest BCUT2D eigenvalue weighted by atomic mass is 9.88. The van der Waals surface area contributed by atoms with Crippen LogP contribution in [0.3, 0.4) is 0 Å². The molecule has 1 saturated heterocycles. The van der Waals surface area contributed by atoms with E-state index in [1.165, 1.54) is 19.1 Å². The minimum atomic E-state index is -4.94. The van der Waals surface area contributed by atoms with Crippen LogP contribution in [0.4, 0.5) is 18.0 Å². The molecule has 2 aliphatic heterocycles. The zero-order valence-electron chi connectivity index (χ0n) is 36.8. The molecule has 1 aromatic heterocycles. The molecule has 2 aliphatic carbocycles. The third kappa shape index (κ3) is 10.2. The number of alkyl carbamates (subject to hydrolysis) is 1. The first-order chi connectivity index (χ1) is 30.5. The lowest BCUT2D eigenvalue weighted by molar-refractivity contribution is -0.244. The maximum atomic E-state index is 15.0. The van der Waals surface area contributed by atoms with Gasteiger partial charge in [0.1, 0.15) is 35.2 Å². The molecule has 0 bridgehead atoms. The van der Waals surface area contributed by atoms with Crippen molar-refractivity contribution in [2.24, 2.45) is 17.8 Å². The molecule has 4 aliphatic rings. The van der Waals surface area contributed by atoms with E-state index in [-0.39, 0.29) is 31.2 Å². The molecule has 3 heterocycles. The number of alkyl halides is 3. The van der Waals surface area contributed by atoms with Crippen LogP contribution in [0, 0.1) is 17.8 Å². The summed E-state index contributed by atoms with van der Waals surface area (Å²) in [6.07, 6.45) is -1.58. The van der Waals surface area contributed by atoms with Gasteiger partial charge in [-0.05, 0) is 112 Å². The largest absolute Gasteiger partial charge is 0.497 e.